The van der Waals surface area contributed by atoms with Gasteiger partial charge >= 0.3 is 0 Å². The highest BCUT2D eigenvalue weighted by atomic mass is 32.1. The van der Waals surface area contributed by atoms with Gasteiger partial charge in [0.2, 0.25) is 5.91 Å². The van der Waals surface area contributed by atoms with Gasteiger partial charge in [0.15, 0.2) is 5.13 Å². The van der Waals surface area contributed by atoms with Crippen LogP contribution in [0, 0.1) is 6.92 Å². The van der Waals surface area contributed by atoms with E-state index >= 15 is 0 Å². The first-order valence-corrected chi connectivity index (χ1v) is 6.90. The normalized spacial score (nSPS) is 10.2. The lowest BCUT2D eigenvalue weighted by atomic mass is 10.1. The zero-order valence-electron chi connectivity index (χ0n) is 11.0. The van der Waals surface area contributed by atoms with Crippen molar-refractivity contribution >= 4 is 22.4 Å². The molecule has 0 unspecified atom stereocenters. The summed E-state index contributed by atoms with van der Waals surface area (Å²) in [7, 11) is 1.64. The Labute approximate surface area is 116 Å². The number of carbonyl (C=O) groups excluding carboxylic acids is 1. The smallest absolute Gasteiger partial charge is 0.226 e. The molecule has 1 N–H and O–H groups in total. The van der Waals surface area contributed by atoms with Gasteiger partial charge in [-0.3, -0.25) is 4.79 Å². The minimum Gasteiger partial charge on any atom is -0.497 e. The molecular weight excluding hydrogens is 260 g/mol. The predicted octanol–water partition coefficient (Wildman–Crippen LogP) is 3.03. The molecule has 1 aromatic heterocycles. The molecule has 0 aliphatic rings. The number of hydrogen-bond donors (Lipinski definition) is 1. The lowest BCUT2D eigenvalue weighted by molar-refractivity contribution is -0.116. The van der Waals surface area contributed by atoms with Crippen molar-refractivity contribution in [1.82, 2.24) is 4.98 Å². The third-order valence-electron chi connectivity index (χ3n) is 2.67. The average Bonchev–Trinajstić information content (AvgIpc) is 2.82. The van der Waals surface area contributed by atoms with Crippen molar-refractivity contribution in [2.24, 2.45) is 0 Å². The van der Waals surface area contributed by atoms with E-state index in [0.29, 0.717) is 18.0 Å². The van der Waals surface area contributed by atoms with Gasteiger partial charge in [-0.05, 0) is 31.0 Å². The fraction of sp³-hybridized carbons (Fsp3) is 0.286. The quantitative estimate of drug-likeness (QED) is 0.913. The van der Waals surface area contributed by atoms with Gasteiger partial charge in [0.1, 0.15) is 5.75 Å². The van der Waals surface area contributed by atoms with E-state index in [4.69, 9.17) is 4.74 Å². The molecule has 0 radical (unpaired) electrons. The van der Waals surface area contributed by atoms with Crippen molar-refractivity contribution in [3.05, 3.63) is 40.9 Å². The van der Waals surface area contributed by atoms with Crippen LogP contribution in [0.25, 0.3) is 0 Å². The molecule has 0 aliphatic carbocycles. The van der Waals surface area contributed by atoms with Crippen molar-refractivity contribution in [1.29, 1.82) is 0 Å². The molecule has 100 valence electrons. The first-order chi connectivity index (χ1) is 9.17. The van der Waals surface area contributed by atoms with E-state index in [1.54, 1.807) is 7.11 Å². The van der Waals surface area contributed by atoms with Crippen molar-refractivity contribution in [2.45, 2.75) is 19.8 Å². The minimum absolute atomic E-state index is 0.00910. The molecule has 0 saturated heterocycles. The van der Waals surface area contributed by atoms with E-state index in [1.165, 1.54) is 11.3 Å². The number of rotatable bonds is 5. The lowest BCUT2D eigenvalue weighted by Gasteiger charge is -2.04. The highest BCUT2D eigenvalue weighted by Gasteiger charge is 2.05. The number of thiazole rings is 1. The molecule has 0 spiro atoms. The van der Waals surface area contributed by atoms with Crippen LogP contribution in [0.5, 0.6) is 5.75 Å². The van der Waals surface area contributed by atoms with E-state index < -0.39 is 0 Å². The molecule has 0 bridgehead atoms. The van der Waals surface area contributed by atoms with Crippen molar-refractivity contribution in [3.63, 3.8) is 0 Å². The number of methoxy groups -OCH3 is 1. The van der Waals surface area contributed by atoms with Crippen molar-refractivity contribution in [2.75, 3.05) is 12.4 Å². The third kappa shape index (κ3) is 4.06. The molecule has 19 heavy (non-hydrogen) atoms. The number of nitrogens with zero attached hydrogens (tertiary/aromatic N) is 1. The van der Waals surface area contributed by atoms with Crippen molar-refractivity contribution in [3.8, 4) is 5.75 Å². The number of aromatic nitrogens is 1. The van der Waals surface area contributed by atoms with Gasteiger partial charge in [0.05, 0.1) is 12.8 Å². The topological polar surface area (TPSA) is 51.2 Å². The monoisotopic (exact) mass is 276 g/mol. The Morgan fingerprint density at radius 1 is 1.37 bits per heavy atom. The highest BCUT2D eigenvalue weighted by Crippen LogP contribution is 2.16. The third-order valence-corrected chi connectivity index (χ3v) is 3.54. The molecule has 0 atom stereocenters. The van der Waals surface area contributed by atoms with Gasteiger partial charge in [-0.1, -0.05) is 12.1 Å². The van der Waals surface area contributed by atoms with Crippen LogP contribution in [0.3, 0.4) is 0 Å². The maximum atomic E-state index is 11.7. The molecule has 0 saturated carbocycles. The number of aryl methyl sites for hydroxylation is 2. The van der Waals surface area contributed by atoms with Gasteiger partial charge in [-0.2, -0.15) is 0 Å². The van der Waals surface area contributed by atoms with E-state index in [2.05, 4.69) is 10.3 Å². The summed E-state index contributed by atoms with van der Waals surface area (Å²) in [6.45, 7) is 1.91. The lowest BCUT2D eigenvalue weighted by Crippen LogP contribution is -2.12. The van der Waals surface area contributed by atoms with E-state index in [9.17, 15) is 4.79 Å². The van der Waals surface area contributed by atoms with Crippen LogP contribution < -0.4 is 10.1 Å². The Morgan fingerprint density at radius 3 is 2.68 bits per heavy atom. The molecule has 0 aliphatic heterocycles. The maximum Gasteiger partial charge on any atom is 0.226 e. The summed E-state index contributed by atoms with van der Waals surface area (Å²) in [6.07, 6.45) is 1.16. The molecule has 2 aromatic rings. The summed E-state index contributed by atoms with van der Waals surface area (Å²) >= 11 is 1.44. The van der Waals surface area contributed by atoms with E-state index in [1.807, 2.05) is 36.6 Å². The summed E-state index contributed by atoms with van der Waals surface area (Å²) in [6, 6.07) is 7.74. The number of carbonyl (C=O) groups is 1. The molecule has 1 amide bonds. The summed E-state index contributed by atoms with van der Waals surface area (Å²) in [5, 5.41) is 5.38. The van der Waals surface area contributed by atoms with E-state index in [-0.39, 0.29) is 5.91 Å². The number of nitrogens with one attached hydrogen (secondary N) is 1. The van der Waals surface area contributed by atoms with Gasteiger partial charge in [0.25, 0.3) is 0 Å². The van der Waals surface area contributed by atoms with Crippen LogP contribution >= 0.6 is 11.3 Å². The van der Waals surface area contributed by atoms with Gasteiger partial charge in [-0.25, -0.2) is 4.98 Å². The molecule has 0 fully saturated rings. The summed E-state index contributed by atoms with van der Waals surface area (Å²) < 4.78 is 5.09. The minimum atomic E-state index is -0.00910. The average molecular weight is 276 g/mol. The summed E-state index contributed by atoms with van der Waals surface area (Å²) in [4.78, 5) is 15.9. The summed E-state index contributed by atoms with van der Waals surface area (Å²) in [5.74, 6) is 0.816. The van der Waals surface area contributed by atoms with Crippen molar-refractivity contribution < 1.29 is 9.53 Å². The first-order valence-electron chi connectivity index (χ1n) is 6.02. The number of amides is 1. The highest BCUT2D eigenvalue weighted by molar-refractivity contribution is 7.13. The van der Waals surface area contributed by atoms with Crippen LogP contribution in [0.1, 0.15) is 17.7 Å². The number of hydrogen-bond acceptors (Lipinski definition) is 4. The second-order valence-electron chi connectivity index (χ2n) is 4.19. The van der Waals surface area contributed by atoms with Crippen LogP contribution in [0.2, 0.25) is 0 Å². The van der Waals surface area contributed by atoms with Gasteiger partial charge < -0.3 is 10.1 Å². The summed E-state index contributed by atoms with van der Waals surface area (Å²) in [5.41, 5.74) is 2.04. The Bertz CT molecular complexity index is 549. The van der Waals surface area contributed by atoms with Gasteiger partial charge in [-0.15, -0.1) is 11.3 Å². The van der Waals surface area contributed by atoms with Crippen LogP contribution in [0.15, 0.2) is 29.6 Å². The van der Waals surface area contributed by atoms with Gasteiger partial charge in [0, 0.05) is 11.8 Å². The molecular formula is C14H16N2O2S. The zero-order chi connectivity index (χ0) is 13.7. The largest absolute Gasteiger partial charge is 0.497 e. The molecule has 5 heteroatoms. The Kier molecular flexibility index (Phi) is 4.52. The fourth-order valence-electron chi connectivity index (χ4n) is 1.64. The Morgan fingerprint density at radius 2 is 2.11 bits per heavy atom. The SMILES string of the molecule is COc1ccc(CCC(=O)Nc2nc(C)cs2)cc1. The zero-order valence-corrected chi connectivity index (χ0v) is 11.8. The first kappa shape index (κ1) is 13.5. The fourth-order valence-corrected chi connectivity index (χ4v) is 2.35. The molecule has 1 heterocycles. The Balaban J connectivity index is 1.82. The van der Waals surface area contributed by atoms with E-state index in [0.717, 1.165) is 17.0 Å². The second-order valence-corrected chi connectivity index (χ2v) is 5.05. The number of benzene rings is 1. The number of anilines is 1. The molecule has 1 aromatic carbocycles. The van der Waals surface area contributed by atoms with Crippen LogP contribution in [-0.2, 0) is 11.2 Å². The molecule has 4 nitrogen and oxygen atoms in total. The van der Waals surface area contributed by atoms with Crippen LogP contribution in [0.4, 0.5) is 5.13 Å². The number of ether oxygens (including phenoxy) is 1. The molecule has 2 rings (SSSR count). The van der Waals surface area contributed by atoms with Crippen LogP contribution in [-0.4, -0.2) is 18.0 Å². The predicted molar refractivity (Wildman–Crippen MR) is 76.8 cm³/mol. The Hall–Kier alpha value is -1.88. The second kappa shape index (κ2) is 6.33. The maximum absolute atomic E-state index is 11.7. The standard InChI is InChI=1S/C14H16N2O2S/c1-10-9-19-14(15-10)16-13(17)8-5-11-3-6-12(18-2)7-4-11/h3-4,6-7,9H,5,8H2,1-2H3,(H,15,16,17).